The first-order valence-corrected chi connectivity index (χ1v) is 6.64. The van der Waals surface area contributed by atoms with Crippen LogP contribution in [0, 0.1) is 11.7 Å². The molecule has 1 rings (SSSR count). The molecule has 0 bridgehead atoms. The molecule has 0 aromatic heterocycles. The first kappa shape index (κ1) is 13.4. The Kier molecular flexibility index (Phi) is 4.29. The van der Waals surface area contributed by atoms with Crippen LogP contribution >= 0.6 is 11.6 Å². The molecule has 0 unspecified atom stereocenters. The molecule has 0 spiro atoms. The lowest BCUT2D eigenvalue weighted by Gasteiger charge is -2.09. The van der Waals surface area contributed by atoms with Crippen LogP contribution in [0.15, 0.2) is 23.1 Å². The molecule has 1 aromatic carbocycles. The van der Waals surface area contributed by atoms with Gasteiger partial charge in [0.1, 0.15) is 10.7 Å². The third-order valence-electron chi connectivity index (χ3n) is 1.87. The van der Waals surface area contributed by atoms with Crippen LogP contribution in [0.1, 0.15) is 13.8 Å². The molecule has 0 saturated carbocycles. The number of sulfonamides is 1. The Morgan fingerprint density at radius 1 is 1.44 bits per heavy atom. The van der Waals surface area contributed by atoms with E-state index in [9.17, 15) is 12.8 Å². The summed E-state index contributed by atoms with van der Waals surface area (Å²) in [7, 11) is -3.65. The van der Waals surface area contributed by atoms with Crippen molar-refractivity contribution in [2.75, 3.05) is 6.54 Å². The van der Waals surface area contributed by atoms with Crippen LogP contribution in [0.2, 0.25) is 5.02 Å². The number of hydrogen-bond donors (Lipinski definition) is 1. The van der Waals surface area contributed by atoms with E-state index in [0.29, 0.717) is 6.54 Å². The molecule has 0 heterocycles. The van der Waals surface area contributed by atoms with E-state index in [-0.39, 0.29) is 15.8 Å². The third kappa shape index (κ3) is 3.43. The number of rotatable bonds is 4. The van der Waals surface area contributed by atoms with E-state index in [4.69, 9.17) is 11.6 Å². The zero-order chi connectivity index (χ0) is 12.3. The summed E-state index contributed by atoms with van der Waals surface area (Å²) in [5, 5.41) is -0.115. The van der Waals surface area contributed by atoms with Crippen molar-refractivity contribution in [2.24, 2.45) is 5.92 Å². The van der Waals surface area contributed by atoms with Crippen LogP contribution < -0.4 is 4.72 Å². The zero-order valence-electron chi connectivity index (χ0n) is 9.00. The largest absolute Gasteiger partial charge is 0.242 e. The Bertz CT molecular complexity index is 474. The highest BCUT2D eigenvalue weighted by atomic mass is 35.5. The molecule has 1 N–H and O–H groups in total. The molecule has 90 valence electrons. The lowest BCUT2D eigenvalue weighted by Crippen LogP contribution is -2.27. The van der Waals surface area contributed by atoms with Gasteiger partial charge in [0.15, 0.2) is 0 Å². The van der Waals surface area contributed by atoms with Crippen molar-refractivity contribution in [3.63, 3.8) is 0 Å². The van der Waals surface area contributed by atoms with E-state index in [1.54, 1.807) is 0 Å². The van der Waals surface area contributed by atoms with Crippen molar-refractivity contribution in [1.29, 1.82) is 0 Å². The van der Waals surface area contributed by atoms with Crippen molar-refractivity contribution in [3.8, 4) is 0 Å². The lowest BCUT2D eigenvalue weighted by atomic mass is 10.2. The summed E-state index contributed by atoms with van der Waals surface area (Å²) in [5.74, 6) is -0.373. The number of benzene rings is 1. The van der Waals surface area contributed by atoms with Crippen LogP contribution in [0.5, 0.6) is 0 Å². The van der Waals surface area contributed by atoms with Gasteiger partial charge in [-0.25, -0.2) is 17.5 Å². The quantitative estimate of drug-likeness (QED) is 0.909. The fraction of sp³-hybridized carbons (Fsp3) is 0.400. The lowest BCUT2D eigenvalue weighted by molar-refractivity contribution is 0.559. The molecular weight excluding hydrogens is 253 g/mol. The van der Waals surface area contributed by atoms with E-state index in [1.807, 2.05) is 13.8 Å². The van der Waals surface area contributed by atoms with Gasteiger partial charge in [0, 0.05) is 6.54 Å². The molecule has 6 heteroatoms. The normalized spacial score (nSPS) is 12.1. The Balaban J connectivity index is 2.99. The summed E-state index contributed by atoms with van der Waals surface area (Å²) in [4.78, 5) is -0.101. The molecule has 3 nitrogen and oxygen atoms in total. The third-order valence-corrected chi connectivity index (χ3v) is 3.77. The van der Waals surface area contributed by atoms with Crippen molar-refractivity contribution >= 4 is 21.6 Å². The van der Waals surface area contributed by atoms with E-state index in [2.05, 4.69) is 4.72 Å². The van der Waals surface area contributed by atoms with Gasteiger partial charge < -0.3 is 0 Å². The number of nitrogens with one attached hydrogen (secondary N) is 1. The van der Waals surface area contributed by atoms with Gasteiger partial charge in [-0.1, -0.05) is 25.4 Å². The van der Waals surface area contributed by atoms with Crippen LogP contribution in [0.25, 0.3) is 0 Å². The van der Waals surface area contributed by atoms with Gasteiger partial charge >= 0.3 is 0 Å². The average molecular weight is 266 g/mol. The highest BCUT2D eigenvalue weighted by Gasteiger charge is 2.18. The predicted octanol–water partition coefficient (Wildman–Crippen LogP) is 2.41. The molecule has 0 aliphatic carbocycles. The van der Waals surface area contributed by atoms with Crippen molar-refractivity contribution in [3.05, 3.63) is 29.0 Å². The van der Waals surface area contributed by atoms with Crippen LogP contribution in [0.4, 0.5) is 4.39 Å². The maximum atomic E-state index is 12.8. The van der Waals surface area contributed by atoms with E-state index in [1.165, 1.54) is 0 Å². The molecule has 0 aliphatic heterocycles. The minimum absolute atomic E-state index is 0.101. The summed E-state index contributed by atoms with van der Waals surface area (Å²) >= 11 is 5.67. The minimum Gasteiger partial charge on any atom is -0.211 e. The molecule has 0 radical (unpaired) electrons. The second-order valence-corrected chi connectivity index (χ2v) is 5.96. The number of halogens is 2. The summed E-state index contributed by atoms with van der Waals surface area (Å²) in [5.41, 5.74) is 0. The van der Waals surface area contributed by atoms with Gasteiger partial charge in [-0.15, -0.1) is 0 Å². The van der Waals surface area contributed by atoms with Crippen LogP contribution in [-0.4, -0.2) is 15.0 Å². The van der Waals surface area contributed by atoms with Crippen molar-refractivity contribution < 1.29 is 12.8 Å². The van der Waals surface area contributed by atoms with Crippen LogP contribution in [0.3, 0.4) is 0 Å². The van der Waals surface area contributed by atoms with Gasteiger partial charge in [0.2, 0.25) is 10.0 Å². The fourth-order valence-corrected chi connectivity index (χ4v) is 2.79. The van der Waals surface area contributed by atoms with Crippen molar-refractivity contribution in [1.82, 2.24) is 4.72 Å². The Morgan fingerprint density at radius 2 is 2.06 bits per heavy atom. The summed E-state index contributed by atoms with van der Waals surface area (Å²) < 4.78 is 38.7. The second-order valence-electron chi connectivity index (χ2n) is 3.82. The van der Waals surface area contributed by atoms with Gasteiger partial charge in [-0.05, 0) is 24.1 Å². The Hall–Kier alpha value is -0.650. The molecule has 0 amide bonds. The smallest absolute Gasteiger partial charge is 0.211 e. The van der Waals surface area contributed by atoms with Gasteiger partial charge in [0.25, 0.3) is 0 Å². The average Bonchev–Trinajstić information content (AvgIpc) is 2.14. The van der Waals surface area contributed by atoms with Gasteiger partial charge in [0.05, 0.1) is 5.02 Å². The fourth-order valence-electron chi connectivity index (χ4n) is 1.05. The first-order chi connectivity index (χ1) is 7.33. The Labute approximate surface area is 99.7 Å². The molecule has 0 aliphatic rings. The monoisotopic (exact) mass is 265 g/mol. The summed E-state index contributed by atoms with van der Waals surface area (Å²) in [6.45, 7) is 4.08. The summed E-state index contributed by atoms with van der Waals surface area (Å²) in [6.07, 6.45) is 0. The second kappa shape index (κ2) is 5.12. The first-order valence-electron chi connectivity index (χ1n) is 4.77. The summed E-state index contributed by atoms with van der Waals surface area (Å²) in [6, 6.07) is 3.20. The highest BCUT2D eigenvalue weighted by molar-refractivity contribution is 7.89. The van der Waals surface area contributed by atoms with Gasteiger partial charge in [-0.2, -0.15) is 0 Å². The van der Waals surface area contributed by atoms with Gasteiger partial charge in [-0.3, -0.25) is 0 Å². The highest BCUT2D eigenvalue weighted by Crippen LogP contribution is 2.21. The molecule has 16 heavy (non-hydrogen) atoms. The zero-order valence-corrected chi connectivity index (χ0v) is 10.6. The molecule has 0 saturated heterocycles. The topological polar surface area (TPSA) is 46.2 Å². The van der Waals surface area contributed by atoms with E-state index >= 15 is 0 Å². The molecular formula is C10H13ClFNO2S. The molecule has 0 atom stereocenters. The molecule has 1 aromatic rings. The maximum absolute atomic E-state index is 12.8. The predicted molar refractivity (Wildman–Crippen MR) is 61.4 cm³/mol. The van der Waals surface area contributed by atoms with Crippen LogP contribution in [-0.2, 0) is 10.0 Å². The SMILES string of the molecule is CC(C)CNS(=O)(=O)c1ccc(F)cc1Cl. The molecule has 0 fully saturated rings. The minimum atomic E-state index is -3.65. The Morgan fingerprint density at radius 3 is 2.56 bits per heavy atom. The number of hydrogen-bond acceptors (Lipinski definition) is 2. The maximum Gasteiger partial charge on any atom is 0.242 e. The standard InChI is InChI=1S/C10H13ClFNO2S/c1-7(2)6-13-16(14,15)10-4-3-8(12)5-9(10)11/h3-5,7,13H,6H2,1-2H3. The van der Waals surface area contributed by atoms with Crippen molar-refractivity contribution in [2.45, 2.75) is 18.7 Å². The van der Waals surface area contributed by atoms with E-state index < -0.39 is 15.8 Å². The van der Waals surface area contributed by atoms with E-state index in [0.717, 1.165) is 18.2 Å².